The zero-order chi connectivity index (χ0) is 10.9. The van der Waals surface area contributed by atoms with Crippen LogP contribution in [0, 0.1) is 0 Å². The molecule has 0 heterocycles. The summed E-state index contributed by atoms with van der Waals surface area (Å²) in [6.07, 6.45) is 1.49. The molecule has 0 N–H and O–H groups in total. The van der Waals surface area contributed by atoms with Gasteiger partial charge in [-0.15, -0.1) is 0 Å². The van der Waals surface area contributed by atoms with Crippen LogP contribution < -0.4 is 0 Å². The van der Waals surface area contributed by atoms with E-state index in [1.54, 1.807) is 5.06 Å². The molecule has 0 amide bonds. The summed E-state index contributed by atoms with van der Waals surface area (Å²) in [6.45, 7) is 1.53. The lowest BCUT2D eigenvalue weighted by molar-refractivity contribution is -0.148. The van der Waals surface area contributed by atoms with Gasteiger partial charge in [0.05, 0.1) is 13.2 Å². The van der Waals surface area contributed by atoms with Crippen LogP contribution >= 0.6 is 0 Å². The molecule has 1 aromatic carbocycles. The van der Waals surface area contributed by atoms with Crippen molar-refractivity contribution in [1.82, 2.24) is 5.06 Å². The number of aliphatic imine (C=N–C) groups is 1. The van der Waals surface area contributed by atoms with Gasteiger partial charge >= 0.3 is 0 Å². The minimum Gasteiger partial charge on any atom is -0.294 e. The first kappa shape index (κ1) is 11.6. The fourth-order valence-electron chi connectivity index (χ4n) is 1.06. The lowest BCUT2D eigenvalue weighted by Gasteiger charge is -2.14. The van der Waals surface area contributed by atoms with Gasteiger partial charge in [0.1, 0.15) is 0 Å². The average molecular weight is 206 g/mol. The zero-order valence-electron chi connectivity index (χ0n) is 8.72. The summed E-state index contributed by atoms with van der Waals surface area (Å²) < 4.78 is 0. The minimum absolute atomic E-state index is 0.411. The molecule has 4 heteroatoms. The SMILES string of the molecule is CN(CCN=C=O)OCc1ccccc1. The van der Waals surface area contributed by atoms with Crippen LogP contribution in [0.3, 0.4) is 0 Å². The van der Waals surface area contributed by atoms with Gasteiger partial charge in [-0.3, -0.25) is 4.84 Å². The summed E-state index contributed by atoms with van der Waals surface area (Å²) in [5.41, 5.74) is 1.11. The van der Waals surface area contributed by atoms with Crippen molar-refractivity contribution in [3.8, 4) is 0 Å². The number of benzene rings is 1. The van der Waals surface area contributed by atoms with E-state index in [0.29, 0.717) is 19.7 Å². The van der Waals surface area contributed by atoms with Gasteiger partial charge in [0, 0.05) is 13.6 Å². The molecule has 0 saturated heterocycles. The normalized spacial score (nSPS) is 10.0. The van der Waals surface area contributed by atoms with Crippen LogP contribution in [0.4, 0.5) is 0 Å². The Bertz CT molecular complexity index is 321. The van der Waals surface area contributed by atoms with Crippen LogP contribution in [-0.2, 0) is 16.2 Å². The molecule has 15 heavy (non-hydrogen) atoms. The number of hydroxylamine groups is 2. The summed E-state index contributed by atoms with van der Waals surface area (Å²) in [5.74, 6) is 0. The van der Waals surface area contributed by atoms with E-state index in [-0.39, 0.29) is 0 Å². The molecular weight excluding hydrogens is 192 g/mol. The lowest BCUT2D eigenvalue weighted by atomic mass is 10.2. The summed E-state index contributed by atoms with van der Waals surface area (Å²) in [7, 11) is 1.81. The lowest BCUT2D eigenvalue weighted by Crippen LogP contribution is -2.21. The Morgan fingerprint density at radius 3 is 2.80 bits per heavy atom. The van der Waals surface area contributed by atoms with E-state index in [4.69, 9.17) is 4.84 Å². The molecule has 0 aliphatic heterocycles. The van der Waals surface area contributed by atoms with Gasteiger partial charge in [-0.2, -0.15) is 5.06 Å². The average Bonchev–Trinajstić information content (AvgIpc) is 2.28. The number of isocyanates is 1. The Balaban J connectivity index is 2.22. The molecule has 4 nitrogen and oxygen atoms in total. The van der Waals surface area contributed by atoms with E-state index in [9.17, 15) is 4.79 Å². The molecule has 0 radical (unpaired) electrons. The van der Waals surface area contributed by atoms with E-state index in [0.717, 1.165) is 5.56 Å². The van der Waals surface area contributed by atoms with Crippen molar-refractivity contribution in [2.75, 3.05) is 20.1 Å². The molecule has 0 spiro atoms. The number of hydrogen-bond donors (Lipinski definition) is 0. The highest BCUT2D eigenvalue weighted by Crippen LogP contribution is 2.01. The van der Waals surface area contributed by atoms with Crippen LogP contribution in [0.1, 0.15) is 5.56 Å². The predicted octanol–water partition coefficient (Wildman–Crippen LogP) is 1.39. The number of hydrogen-bond acceptors (Lipinski definition) is 4. The maximum Gasteiger partial charge on any atom is 0.234 e. The van der Waals surface area contributed by atoms with E-state index in [2.05, 4.69) is 4.99 Å². The van der Waals surface area contributed by atoms with E-state index in [1.165, 1.54) is 6.08 Å². The second-order valence-corrected chi connectivity index (χ2v) is 3.08. The molecule has 80 valence electrons. The third-order valence-corrected chi connectivity index (χ3v) is 1.89. The Labute approximate surface area is 89.1 Å². The van der Waals surface area contributed by atoms with Gasteiger partial charge in [0.2, 0.25) is 6.08 Å². The van der Waals surface area contributed by atoms with Gasteiger partial charge in [-0.05, 0) is 5.56 Å². The number of carbonyl (C=O) groups excluding carboxylic acids is 1. The smallest absolute Gasteiger partial charge is 0.234 e. The fourth-order valence-corrected chi connectivity index (χ4v) is 1.06. The van der Waals surface area contributed by atoms with Crippen molar-refractivity contribution in [2.24, 2.45) is 4.99 Å². The Morgan fingerprint density at radius 2 is 2.13 bits per heavy atom. The molecule has 0 saturated carbocycles. The number of likely N-dealkylation sites (N-methyl/N-ethyl adjacent to an activating group) is 1. The maximum atomic E-state index is 9.81. The van der Waals surface area contributed by atoms with Crippen molar-refractivity contribution >= 4 is 6.08 Å². The molecule has 0 fully saturated rings. The summed E-state index contributed by atoms with van der Waals surface area (Å²) in [4.78, 5) is 18.7. The summed E-state index contributed by atoms with van der Waals surface area (Å²) >= 11 is 0. The van der Waals surface area contributed by atoms with Crippen LogP contribution in [0.25, 0.3) is 0 Å². The van der Waals surface area contributed by atoms with Crippen molar-refractivity contribution in [2.45, 2.75) is 6.61 Å². The molecule has 0 aliphatic carbocycles. The quantitative estimate of drug-likeness (QED) is 0.401. The first-order valence-corrected chi connectivity index (χ1v) is 4.74. The molecular formula is C11H14N2O2. The molecule has 0 atom stereocenters. The predicted molar refractivity (Wildman–Crippen MR) is 56.8 cm³/mol. The van der Waals surface area contributed by atoms with Crippen molar-refractivity contribution in [3.63, 3.8) is 0 Å². The molecule has 1 rings (SSSR count). The third-order valence-electron chi connectivity index (χ3n) is 1.89. The second-order valence-electron chi connectivity index (χ2n) is 3.08. The highest BCUT2D eigenvalue weighted by Gasteiger charge is 1.98. The first-order valence-electron chi connectivity index (χ1n) is 4.74. The standard InChI is InChI=1S/C11H14N2O2/c1-13(8-7-12-10-14)15-9-11-5-3-2-4-6-11/h2-6H,7-9H2,1H3. The van der Waals surface area contributed by atoms with Crippen LogP contribution in [-0.4, -0.2) is 31.3 Å². The second kappa shape index (κ2) is 6.90. The molecule has 0 aliphatic rings. The Morgan fingerprint density at radius 1 is 1.40 bits per heavy atom. The van der Waals surface area contributed by atoms with E-state index < -0.39 is 0 Å². The third kappa shape index (κ3) is 5.08. The molecule has 0 unspecified atom stereocenters. The number of nitrogens with zero attached hydrogens (tertiary/aromatic N) is 2. The minimum atomic E-state index is 0.411. The monoisotopic (exact) mass is 206 g/mol. The van der Waals surface area contributed by atoms with E-state index in [1.807, 2.05) is 37.4 Å². The topological polar surface area (TPSA) is 41.9 Å². The Kier molecular flexibility index (Phi) is 5.33. The summed E-state index contributed by atoms with van der Waals surface area (Å²) in [6, 6.07) is 9.89. The van der Waals surface area contributed by atoms with E-state index >= 15 is 0 Å². The van der Waals surface area contributed by atoms with Gasteiger partial charge in [-0.1, -0.05) is 30.3 Å². The molecule has 0 bridgehead atoms. The molecule has 0 aromatic heterocycles. The van der Waals surface area contributed by atoms with Crippen molar-refractivity contribution in [3.05, 3.63) is 35.9 Å². The number of rotatable bonds is 6. The van der Waals surface area contributed by atoms with Crippen LogP contribution in [0.5, 0.6) is 0 Å². The molecule has 1 aromatic rings. The van der Waals surface area contributed by atoms with Crippen LogP contribution in [0.2, 0.25) is 0 Å². The van der Waals surface area contributed by atoms with Crippen LogP contribution in [0.15, 0.2) is 35.3 Å². The zero-order valence-corrected chi connectivity index (χ0v) is 8.72. The Hall–Kier alpha value is -1.48. The highest BCUT2D eigenvalue weighted by atomic mass is 16.7. The highest BCUT2D eigenvalue weighted by molar-refractivity contribution is 5.32. The van der Waals surface area contributed by atoms with Crippen molar-refractivity contribution in [1.29, 1.82) is 0 Å². The fraction of sp³-hybridized carbons (Fsp3) is 0.364. The first-order chi connectivity index (χ1) is 7.33. The van der Waals surface area contributed by atoms with Gasteiger partial charge in [0.25, 0.3) is 0 Å². The van der Waals surface area contributed by atoms with Gasteiger partial charge in [-0.25, -0.2) is 9.79 Å². The summed E-state index contributed by atoms with van der Waals surface area (Å²) in [5, 5.41) is 1.66. The van der Waals surface area contributed by atoms with Gasteiger partial charge in [0.15, 0.2) is 0 Å². The van der Waals surface area contributed by atoms with Crippen molar-refractivity contribution < 1.29 is 9.63 Å². The maximum absolute atomic E-state index is 9.81. The largest absolute Gasteiger partial charge is 0.294 e. The van der Waals surface area contributed by atoms with Gasteiger partial charge < -0.3 is 0 Å².